The zero-order chi connectivity index (χ0) is 37.4. The van der Waals surface area contributed by atoms with Crippen molar-refractivity contribution >= 4 is 28.8 Å². The van der Waals surface area contributed by atoms with Crippen LogP contribution >= 0.6 is 11.3 Å². The van der Waals surface area contributed by atoms with E-state index in [-0.39, 0.29) is 17.9 Å². The first-order chi connectivity index (χ1) is 25.9. The quantitative estimate of drug-likeness (QED) is 0.0915. The molecular formula is C46H52N4O2S. The minimum Gasteiger partial charge on any atom is -0.377 e. The molecule has 0 bridgehead atoms. The van der Waals surface area contributed by atoms with Crippen LogP contribution in [0.5, 0.6) is 0 Å². The molecule has 0 aliphatic heterocycles. The summed E-state index contributed by atoms with van der Waals surface area (Å²) in [6, 6.07) is 37.0. The third-order valence-corrected chi connectivity index (χ3v) is 9.98. The van der Waals surface area contributed by atoms with Crippen LogP contribution in [0.15, 0.2) is 133 Å². The van der Waals surface area contributed by atoms with Crippen LogP contribution in [-0.4, -0.2) is 52.3 Å². The molecule has 274 valence electrons. The van der Waals surface area contributed by atoms with Crippen molar-refractivity contribution in [1.29, 1.82) is 0 Å². The predicted octanol–water partition coefficient (Wildman–Crippen LogP) is 9.83. The molecule has 0 aliphatic carbocycles. The van der Waals surface area contributed by atoms with Crippen molar-refractivity contribution in [3.8, 4) is 22.4 Å². The van der Waals surface area contributed by atoms with Crippen LogP contribution in [-0.2, 0) is 29.0 Å². The van der Waals surface area contributed by atoms with Gasteiger partial charge in [0.1, 0.15) is 5.01 Å². The second kappa shape index (κ2) is 20.1. The van der Waals surface area contributed by atoms with Gasteiger partial charge in [-0.15, -0.1) is 11.3 Å². The molecule has 6 nitrogen and oxygen atoms in total. The topological polar surface area (TPSA) is 65.5 Å². The molecule has 1 aromatic heterocycles. The van der Waals surface area contributed by atoms with Gasteiger partial charge in [0, 0.05) is 36.3 Å². The molecule has 5 rings (SSSR count). The van der Waals surface area contributed by atoms with E-state index in [0.29, 0.717) is 32.5 Å². The number of nitrogens with zero attached hydrogens (tertiary/aromatic N) is 3. The second-order valence-corrected chi connectivity index (χ2v) is 14.2. The maximum atomic E-state index is 13.3. The maximum Gasteiger partial charge on any atom is 0.227 e. The van der Waals surface area contributed by atoms with Gasteiger partial charge >= 0.3 is 0 Å². The second-order valence-electron chi connectivity index (χ2n) is 13.2. The van der Waals surface area contributed by atoms with Crippen molar-refractivity contribution in [1.82, 2.24) is 20.1 Å². The minimum absolute atomic E-state index is 0.0274. The van der Waals surface area contributed by atoms with Crippen molar-refractivity contribution in [3.05, 3.63) is 155 Å². The Morgan fingerprint density at radius 3 is 1.79 bits per heavy atom. The summed E-state index contributed by atoms with van der Waals surface area (Å²) in [5.74, 6) is 0.274. The summed E-state index contributed by atoms with van der Waals surface area (Å²) < 4.78 is 0. The van der Waals surface area contributed by atoms with Crippen molar-refractivity contribution in [2.75, 3.05) is 19.6 Å². The molecule has 2 amide bonds. The van der Waals surface area contributed by atoms with E-state index >= 15 is 0 Å². The Morgan fingerprint density at radius 1 is 0.717 bits per heavy atom. The molecule has 0 saturated carbocycles. The summed E-state index contributed by atoms with van der Waals surface area (Å²) in [6.45, 7) is 10.8. The monoisotopic (exact) mass is 724 g/mol. The van der Waals surface area contributed by atoms with Gasteiger partial charge in [0.2, 0.25) is 11.8 Å². The number of carbonyl (C=O) groups is 2. The fourth-order valence-corrected chi connectivity index (χ4v) is 7.24. The predicted molar refractivity (Wildman–Crippen MR) is 221 cm³/mol. The summed E-state index contributed by atoms with van der Waals surface area (Å²) >= 11 is 1.60. The molecular weight excluding hydrogens is 673 g/mol. The lowest BCUT2D eigenvalue weighted by Gasteiger charge is -2.28. The maximum absolute atomic E-state index is 13.3. The number of thiazole rings is 1. The molecule has 7 heteroatoms. The van der Waals surface area contributed by atoms with Crippen molar-refractivity contribution in [3.63, 3.8) is 0 Å². The van der Waals surface area contributed by atoms with Gasteiger partial charge < -0.3 is 15.1 Å². The number of nitrogens with one attached hydrogen (secondary N) is 1. The van der Waals surface area contributed by atoms with Crippen LogP contribution in [0.4, 0.5) is 0 Å². The van der Waals surface area contributed by atoms with E-state index in [2.05, 4.69) is 85.2 Å². The Labute approximate surface area is 319 Å². The molecule has 1 atom stereocenters. The number of aromatic nitrogens is 1. The highest BCUT2D eigenvalue weighted by Gasteiger charge is 2.19. The van der Waals surface area contributed by atoms with Gasteiger partial charge in [-0.1, -0.05) is 141 Å². The molecule has 5 aromatic rings. The van der Waals surface area contributed by atoms with Crippen LogP contribution in [0.3, 0.4) is 0 Å². The number of hydrogen-bond donors (Lipinski definition) is 1. The van der Waals surface area contributed by atoms with E-state index in [1.807, 2.05) is 90.4 Å². The fraction of sp³-hybridized carbons (Fsp3) is 0.283. The fourth-order valence-electron chi connectivity index (χ4n) is 6.43. The molecule has 1 heterocycles. The molecule has 0 spiro atoms. The average Bonchev–Trinajstić information content (AvgIpc) is 3.66. The van der Waals surface area contributed by atoms with Gasteiger partial charge in [0.05, 0.1) is 31.1 Å². The Balaban J connectivity index is 1.21. The van der Waals surface area contributed by atoms with Crippen LogP contribution in [0.2, 0.25) is 0 Å². The standard InChI is InChI=1S/C46H52N4O2S/c1-5-15-41(32-49(28-6-2)45(51)30-35-16-11-9-12-17-35)47-42(8-4)39-24-20-37(21-25-39)38-22-26-40(27-23-38)43-34-53-44(48-43)33-50(29-7-3)46(52)31-36-18-13-10-14-19-36/h5,8-27,34,41,47H,6-7,28-33H2,1-4H3/b15-5?,42-8-. The van der Waals surface area contributed by atoms with E-state index in [1.165, 1.54) is 0 Å². The zero-order valence-corrected chi connectivity index (χ0v) is 32.3. The third-order valence-electron chi connectivity index (χ3n) is 9.15. The highest BCUT2D eigenvalue weighted by Crippen LogP contribution is 2.28. The largest absolute Gasteiger partial charge is 0.377 e. The van der Waals surface area contributed by atoms with Crippen LogP contribution in [0, 0.1) is 0 Å². The number of amides is 2. The molecule has 1 N–H and O–H groups in total. The number of hydrogen-bond acceptors (Lipinski definition) is 5. The summed E-state index contributed by atoms with van der Waals surface area (Å²) in [5, 5.41) is 6.73. The average molecular weight is 725 g/mol. The molecule has 4 aromatic carbocycles. The summed E-state index contributed by atoms with van der Waals surface area (Å²) in [7, 11) is 0. The van der Waals surface area contributed by atoms with Gasteiger partial charge in [-0.25, -0.2) is 4.98 Å². The van der Waals surface area contributed by atoms with Gasteiger partial charge in [-0.05, 0) is 54.5 Å². The Kier molecular flexibility index (Phi) is 14.8. The van der Waals surface area contributed by atoms with Crippen molar-refractivity contribution in [2.45, 2.75) is 66.0 Å². The Morgan fingerprint density at radius 2 is 1.25 bits per heavy atom. The Hall–Kier alpha value is -5.27. The lowest BCUT2D eigenvalue weighted by molar-refractivity contribution is -0.131. The van der Waals surface area contributed by atoms with Gasteiger partial charge in [0.25, 0.3) is 0 Å². The van der Waals surface area contributed by atoms with Gasteiger partial charge in [-0.3, -0.25) is 9.59 Å². The Bertz CT molecular complexity index is 1930. The number of benzene rings is 4. The summed E-state index contributed by atoms with van der Waals surface area (Å²) in [4.78, 5) is 35.3. The van der Waals surface area contributed by atoms with E-state index in [1.54, 1.807) is 11.3 Å². The zero-order valence-electron chi connectivity index (χ0n) is 31.5. The van der Waals surface area contributed by atoms with Gasteiger partial charge in [-0.2, -0.15) is 0 Å². The molecule has 53 heavy (non-hydrogen) atoms. The molecule has 0 radical (unpaired) electrons. The number of allylic oxidation sites excluding steroid dienone is 2. The minimum atomic E-state index is -0.0274. The smallest absolute Gasteiger partial charge is 0.227 e. The van der Waals surface area contributed by atoms with E-state index in [0.717, 1.165) is 69.2 Å². The number of carbonyl (C=O) groups excluding carboxylic acids is 2. The van der Waals surface area contributed by atoms with Crippen LogP contribution in [0.25, 0.3) is 28.1 Å². The molecule has 0 fully saturated rings. The first kappa shape index (κ1) is 38.9. The van der Waals surface area contributed by atoms with Crippen molar-refractivity contribution in [2.24, 2.45) is 0 Å². The summed E-state index contributed by atoms with van der Waals surface area (Å²) in [5.41, 5.74) is 8.43. The lowest BCUT2D eigenvalue weighted by Crippen LogP contribution is -2.43. The van der Waals surface area contributed by atoms with Gasteiger partial charge in [0.15, 0.2) is 0 Å². The molecule has 0 aliphatic rings. The van der Waals surface area contributed by atoms with Crippen LogP contribution < -0.4 is 5.32 Å². The third kappa shape index (κ3) is 11.4. The van der Waals surface area contributed by atoms with Crippen LogP contribution in [0.1, 0.15) is 62.2 Å². The highest BCUT2D eigenvalue weighted by molar-refractivity contribution is 7.09. The SMILES string of the molecule is CC=CC(CN(CCC)C(=O)Cc1ccccc1)N/C(=C\C)c1ccc(-c2ccc(-c3csc(CN(CCC)C(=O)Cc4ccccc4)n3)cc2)cc1. The highest BCUT2D eigenvalue weighted by atomic mass is 32.1. The first-order valence-electron chi connectivity index (χ1n) is 18.7. The summed E-state index contributed by atoms with van der Waals surface area (Å²) in [6.07, 6.45) is 8.89. The molecule has 0 saturated heterocycles. The normalized spacial score (nSPS) is 12.1. The molecule has 1 unspecified atom stereocenters. The number of rotatable bonds is 18. The van der Waals surface area contributed by atoms with E-state index in [9.17, 15) is 9.59 Å². The van der Waals surface area contributed by atoms with Crippen molar-refractivity contribution < 1.29 is 9.59 Å². The lowest BCUT2D eigenvalue weighted by atomic mass is 10.0. The first-order valence-corrected chi connectivity index (χ1v) is 19.6. The van der Waals surface area contributed by atoms with E-state index < -0.39 is 0 Å². The van der Waals surface area contributed by atoms with E-state index in [4.69, 9.17) is 4.98 Å².